The zero-order chi connectivity index (χ0) is 15.0. The summed E-state index contributed by atoms with van der Waals surface area (Å²) < 4.78 is 5.18. The number of amidine groups is 1. The minimum absolute atomic E-state index is 0.259. The molecule has 1 aliphatic rings. The lowest BCUT2D eigenvalue weighted by atomic mass is 9.91. The summed E-state index contributed by atoms with van der Waals surface area (Å²) in [5, 5.41) is 11.7. The molecule has 0 amide bonds. The van der Waals surface area contributed by atoms with Crippen molar-refractivity contribution < 1.29 is 9.84 Å². The summed E-state index contributed by atoms with van der Waals surface area (Å²) in [6, 6.07) is 7.67. The SMILES string of the molecule is COc1ccc(N2C(SC)=NC(C)(C)CC2(C)O)cc1. The van der Waals surface area contributed by atoms with E-state index in [1.165, 1.54) is 0 Å². The molecule has 0 spiro atoms. The molecular weight excluding hydrogens is 272 g/mol. The molecule has 1 aromatic carbocycles. The van der Waals surface area contributed by atoms with Crippen molar-refractivity contribution in [2.75, 3.05) is 18.3 Å². The number of hydrogen-bond acceptors (Lipinski definition) is 5. The summed E-state index contributed by atoms with van der Waals surface area (Å²) >= 11 is 1.55. The fourth-order valence-electron chi connectivity index (χ4n) is 2.71. The summed E-state index contributed by atoms with van der Waals surface area (Å²) in [5.41, 5.74) is -0.303. The maximum Gasteiger partial charge on any atom is 0.166 e. The number of hydrogen-bond donors (Lipinski definition) is 1. The van der Waals surface area contributed by atoms with Crippen LogP contribution in [0.25, 0.3) is 0 Å². The van der Waals surface area contributed by atoms with Gasteiger partial charge in [0.05, 0.1) is 12.6 Å². The lowest BCUT2D eigenvalue weighted by Gasteiger charge is -2.46. The van der Waals surface area contributed by atoms with Crippen LogP contribution < -0.4 is 9.64 Å². The van der Waals surface area contributed by atoms with E-state index in [0.717, 1.165) is 16.6 Å². The quantitative estimate of drug-likeness (QED) is 0.910. The summed E-state index contributed by atoms with van der Waals surface area (Å²) in [6.45, 7) is 5.93. The zero-order valence-corrected chi connectivity index (χ0v) is 13.5. The first-order chi connectivity index (χ1) is 9.29. The summed E-state index contributed by atoms with van der Waals surface area (Å²) in [4.78, 5) is 6.63. The molecule has 5 heteroatoms. The van der Waals surface area contributed by atoms with Gasteiger partial charge in [-0.15, -0.1) is 0 Å². The van der Waals surface area contributed by atoms with Crippen molar-refractivity contribution in [3.05, 3.63) is 24.3 Å². The first-order valence-corrected chi connectivity index (χ1v) is 7.82. The largest absolute Gasteiger partial charge is 0.497 e. The van der Waals surface area contributed by atoms with Crippen molar-refractivity contribution in [3.8, 4) is 5.75 Å². The van der Waals surface area contributed by atoms with E-state index < -0.39 is 5.72 Å². The Labute approximate surface area is 124 Å². The third-order valence-corrected chi connectivity index (χ3v) is 3.99. The number of thioether (sulfide) groups is 1. The Morgan fingerprint density at radius 2 is 1.85 bits per heavy atom. The molecule has 0 radical (unpaired) electrons. The third kappa shape index (κ3) is 2.94. The van der Waals surface area contributed by atoms with Gasteiger partial charge in [0.25, 0.3) is 0 Å². The van der Waals surface area contributed by atoms with Crippen LogP contribution in [-0.2, 0) is 0 Å². The number of nitrogens with zero attached hydrogens (tertiary/aromatic N) is 2. The average molecular weight is 294 g/mol. The first kappa shape index (κ1) is 15.2. The van der Waals surface area contributed by atoms with Crippen LogP contribution in [-0.4, -0.2) is 34.9 Å². The Bertz CT molecular complexity index is 509. The van der Waals surface area contributed by atoms with Crippen LogP contribution >= 0.6 is 11.8 Å². The van der Waals surface area contributed by atoms with Gasteiger partial charge >= 0.3 is 0 Å². The lowest BCUT2D eigenvalue weighted by Crippen LogP contribution is -2.56. The predicted molar refractivity (Wildman–Crippen MR) is 85.7 cm³/mol. The van der Waals surface area contributed by atoms with E-state index >= 15 is 0 Å². The number of aliphatic hydroxyl groups is 1. The highest BCUT2D eigenvalue weighted by atomic mass is 32.2. The van der Waals surface area contributed by atoms with Gasteiger partial charge < -0.3 is 9.84 Å². The van der Waals surface area contributed by atoms with Crippen LogP contribution in [0.15, 0.2) is 29.3 Å². The molecule has 20 heavy (non-hydrogen) atoms. The van der Waals surface area contributed by atoms with E-state index in [9.17, 15) is 5.11 Å². The van der Waals surface area contributed by atoms with Crippen LogP contribution in [0.4, 0.5) is 5.69 Å². The van der Waals surface area contributed by atoms with Crippen molar-refractivity contribution in [2.24, 2.45) is 4.99 Å². The number of aliphatic imine (C=N–C) groups is 1. The van der Waals surface area contributed by atoms with Gasteiger partial charge in [-0.25, -0.2) is 0 Å². The number of methoxy groups -OCH3 is 1. The Balaban J connectivity index is 2.45. The van der Waals surface area contributed by atoms with Crippen LogP contribution in [0, 0.1) is 0 Å². The molecule has 0 bridgehead atoms. The molecule has 1 N–H and O–H groups in total. The Morgan fingerprint density at radius 1 is 1.25 bits per heavy atom. The highest BCUT2D eigenvalue weighted by Gasteiger charge is 2.42. The zero-order valence-electron chi connectivity index (χ0n) is 12.7. The second kappa shape index (κ2) is 5.30. The highest BCUT2D eigenvalue weighted by Crippen LogP contribution is 2.38. The molecule has 110 valence electrons. The molecule has 1 aromatic rings. The molecule has 0 saturated heterocycles. The van der Waals surface area contributed by atoms with Gasteiger partial charge in [0.15, 0.2) is 5.17 Å². The Morgan fingerprint density at radius 3 is 2.35 bits per heavy atom. The number of anilines is 1. The first-order valence-electron chi connectivity index (χ1n) is 6.59. The van der Waals surface area contributed by atoms with E-state index in [2.05, 4.69) is 0 Å². The number of ether oxygens (including phenoxy) is 1. The molecular formula is C15H22N2O2S. The van der Waals surface area contributed by atoms with Crippen molar-refractivity contribution >= 4 is 22.6 Å². The van der Waals surface area contributed by atoms with Gasteiger partial charge in [0.1, 0.15) is 11.5 Å². The topological polar surface area (TPSA) is 45.1 Å². The third-order valence-electron chi connectivity index (χ3n) is 3.35. The second-order valence-electron chi connectivity index (χ2n) is 5.84. The van der Waals surface area contributed by atoms with E-state index in [0.29, 0.717) is 6.42 Å². The molecule has 2 rings (SSSR count). The second-order valence-corrected chi connectivity index (χ2v) is 6.61. The number of rotatable bonds is 2. The van der Waals surface area contributed by atoms with Crippen molar-refractivity contribution in [1.29, 1.82) is 0 Å². The maximum absolute atomic E-state index is 10.9. The fourth-order valence-corrected chi connectivity index (χ4v) is 3.53. The van der Waals surface area contributed by atoms with Gasteiger partial charge in [-0.2, -0.15) is 0 Å². The van der Waals surface area contributed by atoms with E-state index in [1.807, 2.05) is 56.2 Å². The minimum Gasteiger partial charge on any atom is -0.497 e. The van der Waals surface area contributed by atoms with Gasteiger partial charge in [-0.05, 0) is 51.3 Å². The Kier molecular flexibility index (Phi) is 4.02. The predicted octanol–water partition coefficient (Wildman–Crippen LogP) is 3.11. The van der Waals surface area contributed by atoms with E-state index in [-0.39, 0.29) is 5.54 Å². The van der Waals surface area contributed by atoms with Crippen LogP contribution in [0.1, 0.15) is 27.2 Å². The maximum atomic E-state index is 10.9. The van der Waals surface area contributed by atoms with Gasteiger partial charge in [0.2, 0.25) is 0 Å². The standard InChI is InChI=1S/C15H22N2O2S/c1-14(2)10-15(3,18)17(13(16-14)20-5)11-6-8-12(19-4)9-7-11/h6-9,18H,10H2,1-5H3. The van der Waals surface area contributed by atoms with Crippen LogP contribution in [0.3, 0.4) is 0 Å². The van der Waals surface area contributed by atoms with Crippen LogP contribution in [0.5, 0.6) is 5.75 Å². The molecule has 0 aromatic heterocycles. The molecule has 0 saturated carbocycles. The van der Waals surface area contributed by atoms with Gasteiger partial charge in [-0.1, -0.05) is 11.8 Å². The monoisotopic (exact) mass is 294 g/mol. The van der Waals surface area contributed by atoms with Crippen molar-refractivity contribution in [2.45, 2.75) is 38.5 Å². The molecule has 0 fully saturated rings. The molecule has 1 unspecified atom stereocenters. The van der Waals surface area contributed by atoms with E-state index in [1.54, 1.807) is 18.9 Å². The molecule has 1 aliphatic heterocycles. The summed E-state index contributed by atoms with van der Waals surface area (Å²) in [6.07, 6.45) is 2.56. The summed E-state index contributed by atoms with van der Waals surface area (Å²) in [5.74, 6) is 0.799. The Hall–Kier alpha value is -1.20. The van der Waals surface area contributed by atoms with Crippen molar-refractivity contribution in [3.63, 3.8) is 0 Å². The average Bonchev–Trinajstić information content (AvgIpc) is 2.36. The lowest BCUT2D eigenvalue weighted by molar-refractivity contribution is 0.0369. The van der Waals surface area contributed by atoms with Gasteiger partial charge in [0, 0.05) is 12.1 Å². The molecule has 1 atom stereocenters. The smallest absolute Gasteiger partial charge is 0.166 e. The van der Waals surface area contributed by atoms with Crippen molar-refractivity contribution in [1.82, 2.24) is 0 Å². The minimum atomic E-state index is -0.960. The van der Waals surface area contributed by atoms with Crippen LogP contribution in [0.2, 0.25) is 0 Å². The molecule has 4 nitrogen and oxygen atoms in total. The molecule has 1 heterocycles. The van der Waals surface area contributed by atoms with Gasteiger partial charge in [-0.3, -0.25) is 9.89 Å². The normalized spacial score (nSPS) is 25.3. The highest BCUT2D eigenvalue weighted by molar-refractivity contribution is 8.13. The summed E-state index contributed by atoms with van der Waals surface area (Å²) in [7, 11) is 1.64. The van der Waals surface area contributed by atoms with E-state index in [4.69, 9.17) is 9.73 Å². The fraction of sp³-hybridized carbons (Fsp3) is 0.533. The number of benzene rings is 1. The molecule has 0 aliphatic carbocycles.